The molecule has 64 valence electrons. The maximum absolute atomic E-state index is 5.50. The van der Waals surface area contributed by atoms with Crippen molar-refractivity contribution in [1.29, 1.82) is 0 Å². The lowest BCUT2D eigenvalue weighted by atomic mass is 10.0. The van der Waals surface area contributed by atoms with Gasteiger partial charge in [0.15, 0.2) is 5.56 Å². The molecule has 2 fully saturated rings. The number of thiol groups is 1. The van der Waals surface area contributed by atoms with Crippen molar-refractivity contribution in [2.75, 3.05) is 0 Å². The van der Waals surface area contributed by atoms with Crippen molar-refractivity contribution in [3.05, 3.63) is 0 Å². The maximum Gasteiger partial charge on any atom is 0.155 e. The van der Waals surface area contributed by atoms with E-state index in [9.17, 15) is 0 Å². The third-order valence-corrected chi connectivity index (χ3v) is 2.62. The van der Waals surface area contributed by atoms with Crippen LogP contribution in [0, 0.1) is 0 Å². The van der Waals surface area contributed by atoms with Crippen LogP contribution >= 0.6 is 12.6 Å². The molecular weight excluding hydrogens is 160 g/mol. The second-order valence-corrected chi connectivity index (χ2v) is 3.79. The van der Waals surface area contributed by atoms with Crippen LogP contribution < -0.4 is 10.6 Å². The van der Waals surface area contributed by atoms with E-state index in [4.69, 9.17) is 4.74 Å². The molecule has 11 heavy (non-hydrogen) atoms. The van der Waals surface area contributed by atoms with E-state index in [1.807, 2.05) is 0 Å². The first-order valence-corrected chi connectivity index (χ1v) is 4.63. The van der Waals surface area contributed by atoms with Crippen LogP contribution in [-0.2, 0) is 4.74 Å². The highest BCUT2D eigenvalue weighted by atomic mass is 32.1. The summed E-state index contributed by atoms with van der Waals surface area (Å²) < 4.78 is 5.50. The Morgan fingerprint density at radius 1 is 1.36 bits per heavy atom. The van der Waals surface area contributed by atoms with E-state index in [1.165, 1.54) is 6.42 Å². The Labute approximate surface area is 72.3 Å². The molecule has 0 aromatic carbocycles. The molecule has 2 saturated heterocycles. The van der Waals surface area contributed by atoms with Crippen LogP contribution in [0.15, 0.2) is 0 Å². The molecule has 0 aromatic heterocycles. The lowest BCUT2D eigenvalue weighted by Crippen LogP contribution is -2.52. The van der Waals surface area contributed by atoms with Gasteiger partial charge in [-0.2, -0.15) is 0 Å². The molecule has 0 spiro atoms. The number of fused-ring (bicyclic) bond motifs is 1. The Hall–Kier alpha value is 0.230. The Morgan fingerprint density at radius 3 is 3.00 bits per heavy atom. The van der Waals surface area contributed by atoms with Gasteiger partial charge in [0, 0.05) is 6.04 Å². The first-order valence-electron chi connectivity index (χ1n) is 4.11. The van der Waals surface area contributed by atoms with Gasteiger partial charge in [-0.05, 0) is 19.8 Å². The fraction of sp³-hybridized carbons (Fsp3) is 1.00. The van der Waals surface area contributed by atoms with Crippen LogP contribution in [-0.4, -0.2) is 23.9 Å². The topological polar surface area (TPSA) is 33.3 Å². The van der Waals surface area contributed by atoms with E-state index >= 15 is 0 Å². The SMILES string of the molecule is CC1CCC2OC(S)N[C@H]2N1. The average molecular weight is 174 g/mol. The molecule has 3 unspecified atom stereocenters. The van der Waals surface area contributed by atoms with E-state index in [0.717, 1.165) is 6.42 Å². The highest BCUT2D eigenvalue weighted by Crippen LogP contribution is 2.22. The molecule has 2 aliphatic rings. The minimum atomic E-state index is -0.0807. The Bertz CT molecular complexity index is 155. The molecular formula is C7H14N2OS. The summed E-state index contributed by atoms with van der Waals surface area (Å²) >= 11 is 4.20. The van der Waals surface area contributed by atoms with E-state index in [2.05, 4.69) is 30.2 Å². The second kappa shape index (κ2) is 2.94. The second-order valence-electron chi connectivity index (χ2n) is 3.32. The van der Waals surface area contributed by atoms with E-state index in [-0.39, 0.29) is 5.56 Å². The fourth-order valence-electron chi connectivity index (χ4n) is 1.74. The highest BCUT2D eigenvalue weighted by Gasteiger charge is 2.36. The summed E-state index contributed by atoms with van der Waals surface area (Å²) in [5.74, 6) is 0. The Morgan fingerprint density at radius 2 is 2.18 bits per heavy atom. The summed E-state index contributed by atoms with van der Waals surface area (Å²) in [4.78, 5) is 0. The third kappa shape index (κ3) is 1.54. The molecule has 0 aliphatic carbocycles. The van der Waals surface area contributed by atoms with Crippen molar-refractivity contribution in [3.63, 3.8) is 0 Å². The predicted octanol–water partition coefficient (Wildman–Crippen LogP) is 0.286. The van der Waals surface area contributed by atoms with Crippen molar-refractivity contribution >= 4 is 12.6 Å². The molecule has 0 amide bonds. The number of nitrogens with one attached hydrogen (secondary N) is 2. The van der Waals surface area contributed by atoms with Gasteiger partial charge in [0.25, 0.3) is 0 Å². The van der Waals surface area contributed by atoms with Gasteiger partial charge >= 0.3 is 0 Å². The molecule has 2 N–H and O–H groups in total. The highest BCUT2D eigenvalue weighted by molar-refractivity contribution is 7.80. The summed E-state index contributed by atoms with van der Waals surface area (Å²) in [5, 5.41) is 6.64. The first-order chi connectivity index (χ1) is 5.25. The smallest absolute Gasteiger partial charge is 0.155 e. The molecule has 3 nitrogen and oxygen atoms in total. The van der Waals surface area contributed by atoms with Crippen molar-refractivity contribution in [1.82, 2.24) is 10.6 Å². The normalized spacial score (nSPS) is 50.7. The van der Waals surface area contributed by atoms with Gasteiger partial charge in [0.05, 0.1) is 12.3 Å². The molecule has 0 bridgehead atoms. The van der Waals surface area contributed by atoms with Crippen molar-refractivity contribution in [3.8, 4) is 0 Å². The van der Waals surface area contributed by atoms with Crippen molar-refractivity contribution in [2.45, 2.75) is 43.6 Å². The van der Waals surface area contributed by atoms with Crippen LogP contribution in [0.5, 0.6) is 0 Å². The van der Waals surface area contributed by atoms with Crippen LogP contribution in [0.4, 0.5) is 0 Å². The zero-order chi connectivity index (χ0) is 7.84. The van der Waals surface area contributed by atoms with Gasteiger partial charge in [-0.3, -0.25) is 10.6 Å². The molecule has 4 atom stereocenters. The molecule has 4 heteroatoms. The predicted molar refractivity (Wildman–Crippen MR) is 46.4 cm³/mol. The zero-order valence-corrected chi connectivity index (χ0v) is 7.47. The summed E-state index contributed by atoms with van der Waals surface area (Å²) in [7, 11) is 0. The molecule has 0 radical (unpaired) electrons. The quantitative estimate of drug-likeness (QED) is 0.462. The first kappa shape index (κ1) is 7.86. The summed E-state index contributed by atoms with van der Waals surface area (Å²) in [5.41, 5.74) is -0.0807. The minimum Gasteiger partial charge on any atom is -0.348 e. The van der Waals surface area contributed by atoms with Crippen LogP contribution in [0.2, 0.25) is 0 Å². The molecule has 0 aromatic rings. The number of piperidine rings is 1. The summed E-state index contributed by atoms with van der Waals surface area (Å²) in [6.07, 6.45) is 2.99. The largest absolute Gasteiger partial charge is 0.348 e. The minimum absolute atomic E-state index is 0.0807. The standard InChI is InChI=1S/C7H14N2OS/c1-4-2-3-5-6(8-4)9-7(11)10-5/h4-9,11H,2-3H2,1H3/t4?,5?,6-,7?/m1/s1. The lowest BCUT2D eigenvalue weighted by molar-refractivity contribution is 0.0580. The van der Waals surface area contributed by atoms with Crippen molar-refractivity contribution in [2.24, 2.45) is 0 Å². The molecule has 2 rings (SSSR count). The van der Waals surface area contributed by atoms with Gasteiger partial charge in [0.1, 0.15) is 0 Å². The average Bonchev–Trinajstić information content (AvgIpc) is 2.27. The number of hydrogen-bond donors (Lipinski definition) is 3. The third-order valence-electron chi connectivity index (χ3n) is 2.35. The van der Waals surface area contributed by atoms with Crippen LogP contribution in [0.3, 0.4) is 0 Å². The molecule has 0 saturated carbocycles. The van der Waals surface area contributed by atoms with Crippen LogP contribution in [0.25, 0.3) is 0 Å². The zero-order valence-electron chi connectivity index (χ0n) is 6.58. The van der Waals surface area contributed by atoms with E-state index < -0.39 is 0 Å². The van der Waals surface area contributed by atoms with Gasteiger partial charge < -0.3 is 4.74 Å². The monoisotopic (exact) mass is 174 g/mol. The lowest BCUT2D eigenvalue weighted by Gasteiger charge is -2.29. The fourth-order valence-corrected chi connectivity index (χ4v) is 2.06. The Kier molecular flexibility index (Phi) is 2.10. The number of rotatable bonds is 0. The van der Waals surface area contributed by atoms with Crippen molar-refractivity contribution < 1.29 is 4.74 Å². The summed E-state index contributed by atoms with van der Waals surface area (Å²) in [6, 6.07) is 0.603. The van der Waals surface area contributed by atoms with Gasteiger partial charge in [-0.15, -0.1) is 12.6 Å². The van der Waals surface area contributed by atoms with Gasteiger partial charge in [0.2, 0.25) is 0 Å². The maximum atomic E-state index is 5.50. The summed E-state index contributed by atoms with van der Waals surface area (Å²) in [6.45, 7) is 2.20. The Balaban J connectivity index is 1.97. The van der Waals surface area contributed by atoms with Gasteiger partial charge in [-0.25, -0.2) is 0 Å². The van der Waals surface area contributed by atoms with Gasteiger partial charge in [-0.1, -0.05) is 0 Å². The van der Waals surface area contributed by atoms with Crippen LogP contribution in [0.1, 0.15) is 19.8 Å². The molecule has 2 heterocycles. The number of ether oxygens (including phenoxy) is 1. The van der Waals surface area contributed by atoms with E-state index in [1.54, 1.807) is 0 Å². The molecule has 2 aliphatic heterocycles. The van der Waals surface area contributed by atoms with E-state index in [0.29, 0.717) is 18.3 Å². The number of hydrogen-bond acceptors (Lipinski definition) is 4.